The first-order chi connectivity index (χ1) is 9.99. The van der Waals surface area contributed by atoms with E-state index in [-0.39, 0.29) is 12.1 Å². The number of hydrogen-bond donors (Lipinski definition) is 1. The van der Waals surface area contributed by atoms with Gasteiger partial charge in [-0.05, 0) is 18.2 Å². The third-order valence-corrected chi connectivity index (χ3v) is 3.96. The van der Waals surface area contributed by atoms with Crippen molar-refractivity contribution in [1.82, 2.24) is 0 Å². The molecule has 1 unspecified atom stereocenters. The molecule has 0 spiro atoms. The Bertz CT molecular complexity index is 719. The molecule has 1 N–H and O–H groups in total. The molecule has 1 aromatic rings. The topological polar surface area (TPSA) is 46.5 Å². The van der Waals surface area contributed by atoms with Crippen LogP contribution < -0.4 is 4.74 Å². The van der Waals surface area contributed by atoms with Crippen molar-refractivity contribution >= 4 is 22.3 Å². The average Bonchev–Trinajstić information content (AvgIpc) is 2.32. The second kappa shape index (κ2) is 4.10. The molecule has 2 rings (SSSR count). The van der Waals surface area contributed by atoms with E-state index in [2.05, 4.69) is 4.74 Å². The first kappa shape index (κ1) is 17.4. The standard InChI is InChI=1S/C11H6F8O3S/c12-11(13,14)9-7(10(20)21)3-5-1-2-6(4-8(5)22-9)23(15,16,17,18)19/h1-4,9H,(H,20,21). The van der Waals surface area contributed by atoms with Gasteiger partial charge >= 0.3 is 22.4 Å². The number of ether oxygens (including phenoxy) is 1. The van der Waals surface area contributed by atoms with Gasteiger partial charge in [-0.3, -0.25) is 0 Å². The molecule has 0 saturated carbocycles. The van der Waals surface area contributed by atoms with Crippen molar-refractivity contribution < 1.29 is 47.2 Å². The number of carboxylic acid groups (broad SMARTS) is 1. The van der Waals surface area contributed by atoms with E-state index in [1.165, 1.54) is 0 Å². The lowest BCUT2D eigenvalue weighted by atomic mass is 10.0. The molecular weight excluding hydrogens is 364 g/mol. The SMILES string of the molecule is O=C(O)C1=Cc2ccc(S(F)(F)(F)(F)F)cc2OC1C(F)(F)F. The Morgan fingerprint density at radius 1 is 1.13 bits per heavy atom. The Labute approximate surface area is 122 Å². The Kier molecular flexibility index (Phi) is 3.10. The molecule has 1 heterocycles. The van der Waals surface area contributed by atoms with E-state index >= 15 is 0 Å². The van der Waals surface area contributed by atoms with E-state index in [1.807, 2.05) is 0 Å². The molecule has 3 nitrogen and oxygen atoms in total. The van der Waals surface area contributed by atoms with Crippen molar-refractivity contribution in [3.63, 3.8) is 0 Å². The molecule has 0 radical (unpaired) electrons. The van der Waals surface area contributed by atoms with Crippen LogP contribution in [0, 0.1) is 0 Å². The Morgan fingerprint density at radius 2 is 1.70 bits per heavy atom. The highest BCUT2D eigenvalue weighted by atomic mass is 32.5. The van der Waals surface area contributed by atoms with Crippen LogP contribution in [0.2, 0.25) is 0 Å². The summed E-state index contributed by atoms with van der Waals surface area (Å²) < 4.78 is 106. The average molecular weight is 370 g/mol. The number of carbonyl (C=O) groups is 1. The lowest BCUT2D eigenvalue weighted by Crippen LogP contribution is -2.40. The molecule has 0 saturated heterocycles. The number of alkyl halides is 3. The molecule has 1 aliphatic rings. The van der Waals surface area contributed by atoms with Crippen molar-refractivity contribution in [2.24, 2.45) is 0 Å². The normalized spacial score (nSPS) is 21.4. The summed E-state index contributed by atoms with van der Waals surface area (Å²) >= 11 is 0. The summed E-state index contributed by atoms with van der Waals surface area (Å²) in [7, 11) is -10.1. The summed E-state index contributed by atoms with van der Waals surface area (Å²) in [5, 5.41) is 8.72. The van der Waals surface area contributed by atoms with Gasteiger partial charge in [0, 0.05) is 11.6 Å². The number of benzene rings is 1. The highest BCUT2D eigenvalue weighted by Gasteiger charge is 2.65. The van der Waals surface area contributed by atoms with Gasteiger partial charge in [0.15, 0.2) is 0 Å². The summed E-state index contributed by atoms with van der Waals surface area (Å²) in [4.78, 5) is 8.37. The van der Waals surface area contributed by atoms with Crippen LogP contribution in [0.25, 0.3) is 6.08 Å². The minimum Gasteiger partial charge on any atom is -0.478 e. The third kappa shape index (κ3) is 3.51. The maximum absolute atomic E-state index is 12.7. The predicted octanol–water partition coefficient (Wildman–Crippen LogP) is 5.14. The van der Waals surface area contributed by atoms with Gasteiger partial charge in [0.05, 0.1) is 5.57 Å². The van der Waals surface area contributed by atoms with Gasteiger partial charge < -0.3 is 9.84 Å². The quantitative estimate of drug-likeness (QED) is 0.734. The highest BCUT2D eigenvalue weighted by molar-refractivity contribution is 8.45. The van der Waals surface area contributed by atoms with Crippen LogP contribution in [0.15, 0.2) is 28.7 Å². The van der Waals surface area contributed by atoms with Crippen LogP contribution in [0.1, 0.15) is 5.56 Å². The number of hydrogen-bond acceptors (Lipinski definition) is 2. The second-order valence-electron chi connectivity index (χ2n) is 4.61. The fourth-order valence-electron chi connectivity index (χ4n) is 1.83. The van der Waals surface area contributed by atoms with Gasteiger partial charge in [-0.1, -0.05) is 19.4 Å². The van der Waals surface area contributed by atoms with Crippen LogP contribution in [0.5, 0.6) is 5.75 Å². The minimum absolute atomic E-state index is 0.0480. The number of fused-ring (bicyclic) bond motifs is 1. The molecule has 1 aromatic carbocycles. The summed E-state index contributed by atoms with van der Waals surface area (Å²) in [6.07, 6.45) is -7.90. The monoisotopic (exact) mass is 370 g/mol. The van der Waals surface area contributed by atoms with Crippen molar-refractivity contribution in [1.29, 1.82) is 0 Å². The molecule has 12 heteroatoms. The molecule has 0 fully saturated rings. The van der Waals surface area contributed by atoms with E-state index in [9.17, 15) is 37.4 Å². The first-order valence-electron chi connectivity index (χ1n) is 5.55. The molecular formula is C11H6F8O3S. The van der Waals surface area contributed by atoms with Crippen LogP contribution >= 0.6 is 10.2 Å². The van der Waals surface area contributed by atoms with Gasteiger partial charge in [-0.25, -0.2) is 4.79 Å². The van der Waals surface area contributed by atoms with Crippen molar-refractivity contribution in [3.8, 4) is 5.75 Å². The molecule has 1 aliphatic heterocycles. The number of rotatable bonds is 2. The fourth-order valence-corrected chi connectivity index (χ4v) is 2.48. The maximum atomic E-state index is 12.7. The van der Waals surface area contributed by atoms with Crippen LogP contribution in [0.3, 0.4) is 0 Å². The zero-order valence-corrected chi connectivity index (χ0v) is 11.4. The molecule has 1 atom stereocenters. The van der Waals surface area contributed by atoms with E-state index in [0.29, 0.717) is 12.1 Å². The maximum Gasteiger partial charge on any atom is 0.430 e. The van der Waals surface area contributed by atoms with Crippen molar-refractivity contribution in [2.75, 3.05) is 0 Å². The first-order valence-corrected chi connectivity index (χ1v) is 7.50. The predicted molar refractivity (Wildman–Crippen MR) is 63.9 cm³/mol. The molecule has 23 heavy (non-hydrogen) atoms. The van der Waals surface area contributed by atoms with Gasteiger partial charge in [0.1, 0.15) is 10.6 Å². The summed E-state index contributed by atoms with van der Waals surface area (Å²) in [5.74, 6) is -3.14. The van der Waals surface area contributed by atoms with E-state index in [1.54, 1.807) is 0 Å². The van der Waals surface area contributed by atoms with Gasteiger partial charge in [0.2, 0.25) is 6.10 Å². The van der Waals surface area contributed by atoms with Crippen LogP contribution in [-0.2, 0) is 4.79 Å². The number of halogens is 8. The fraction of sp³-hybridized carbons (Fsp3) is 0.182. The Morgan fingerprint density at radius 3 is 2.13 bits per heavy atom. The van der Waals surface area contributed by atoms with Crippen LogP contribution in [0.4, 0.5) is 32.6 Å². The Hall–Kier alpha value is -1.98. The largest absolute Gasteiger partial charge is 0.478 e. The number of carboxylic acids is 1. The second-order valence-corrected chi connectivity index (χ2v) is 7.02. The molecule has 130 valence electrons. The van der Waals surface area contributed by atoms with Gasteiger partial charge in [0.25, 0.3) is 0 Å². The third-order valence-electron chi connectivity index (χ3n) is 2.81. The minimum atomic E-state index is -10.1. The van der Waals surface area contributed by atoms with Gasteiger partial charge in [-0.2, -0.15) is 13.2 Å². The summed E-state index contributed by atoms with van der Waals surface area (Å²) in [5.41, 5.74) is -1.77. The van der Waals surface area contributed by atoms with Crippen molar-refractivity contribution in [2.45, 2.75) is 17.2 Å². The molecule has 0 amide bonds. The number of aliphatic carboxylic acids is 1. The smallest absolute Gasteiger partial charge is 0.430 e. The lowest BCUT2D eigenvalue weighted by Gasteiger charge is -2.41. The van der Waals surface area contributed by atoms with E-state index in [4.69, 9.17) is 5.11 Å². The molecule has 0 bridgehead atoms. The molecule has 0 aromatic heterocycles. The Balaban J connectivity index is 2.63. The zero-order valence-electron chi connectivity index (χ0n) is 10.6. The summed E-state index contributed by atoms with van der Waals surface area (Å²) in [6.45, 7) is 0. The molecule has 0 aliphatic carbocycles. The van der Waals surface area contributed by atoms with Crippen LogP contribution in [-0.4, -0.2) is 23.4 Å². The van der Waals surface area contributed by atoms with Gasteiger partial charge in [-0.15, -0.1) is 0 Å². The summed E-state index contributed by atoms with van der Waals surface area (Å²) in [6, 6.07) is 0.0937. The van der Waals surface area contributed by atoms with E-state index in [0.717, 1.165) is 0 Å². The van der Waals surface area contributed by atoms with Crippen molar-refractivity contribution in [3.05, 3.63) is 29.3 Å². The van der Waals surface area contributed by atoms with E-state index < -0.39 is 50.3 Å². The lowest BCUT2D eigenvalue weighted by molar-refractivity contribution is -0.187. The zero-order chi connectivity index (χ0) is 17.9. The highest BCUT2D eigenvalue weighted by Crippen LogP contribution is 3.02.